The maximum Gasteiger partial charge on any atom is 0.215 e. The van der Waals surface area contributed by atoms with Gasteiger partial charge in [-0.3, -0.25) is 0 Å². The van der Waals surface area contributed by atoms with Crippen molar-refractivity contribution in [3.05, 3.63) is 35.5 Å². The minimum Gasteiger partial charge on any atom is -0.347 e. The molecule has 3 rings (SSSR count). The Hall–Kier alpha value is -1.33. The average molecular weight is 349 g/mol. The van der Waals surface area contributed by atoms with Crippen LogP contribution >= 0.6 is 0 Å². The molecule has 1 saturated carbocycles. The highest BCUT2D eigenvalue weighted by molar-refractivity contribution is 7.90. The van der Waals surface area contributed by atoms with Crippen molar-refractivity contribution in [2.45, 2.75) is 65.3 Å². The molecule has 1 aromatic carbocycles. The number of rotatable bonds is 5. The number of hydrogen-bond donors (Lipinski definition) is 1. The van der Waals surface area contributed by atoms with Gasteiger partial charge in [-0.2, -0.15) is 0 Å². The standard InChI is InChI=1S/C19H28N2O2S/c1-13-6-9-16-17(14(2)20-24(22,23)15-7-8-15)11-21(18(16)10-13)12-19(3,4)5/h6,9-11,14-15,20H,7-8,12H2,1-5H3/t14-/m1/s1. The molecule has 0 aliphatic heterocycles. The zero-order chi connectivity index (χ0) is 17.7. The summed E-state index contributed by atoms with van der Waals surface area (Å²) in [5.74, 6) is 0. The van der Waals surface area contributed by atoms with Gasteiger partial charge in [-0.25, -0.2) is 13.1 Å². The molecular formula is C19H28N2O2S. The normalized spacial score (nSPS) is 17.4. The Morgan fingerprint density at radius 1 is 1.29 bits per heavy atom. The number of aromatic nitrogens is 1. The highest BCUT2D eigenvalue weighted by Gasteiger charge is 2.36. The fourth-order valence-electron chi connectivity index (χ4n) is 3.20. The first-order valence-corrected chi connectivity index (χ1v) is 10.2. The fourth-order valence-corrected chi connectivity index (χ4v) is 4.77. The Kier molecular flexibility index (Phi) is 4.29. The van der Waals surface area contributed by atoms with Gasteiger partial charge in [-0.1, -0.05) is 32.9 Å². The van der Waals surface area contributed by atoms with Gasteiger partial charge in [0.15, 0.2) is 0 Å². The van der Waals surface area contributed by atoms with Gasteiger partial charge in [0.2, 0.25) is 10.0 Å². The summed E-state index contributed by atoms with van der Waals surface area (Å²) in [4.78, 5) is 0. The van der Waals surface area contributed by atoms with Gasteiger partial charge < -0.3 is 4.57 Å². The second-order valence-corrected chi connectivity index (χ2v) is 10.4. The molecule has 1 aliphatic rings. The first-order chi connectivity index (χ1) is 11.1. The number of benzene rings is 1. The van der Waals surface area contributed by atoms with Crippen LogP contribution in [0.3, 0.4) is 0 Å². The van der Waals surface area contributed by atoms with Crippen LogP contribution in [0.2, 0.25) is 0 Å². The number of nitrogens with zero attached hydrogens (tertiary/aromatic N) is 1. The van der Waals surface area contributed by atoms with Crippen LogP contribution in [-0.4, -0.2) is 18.2 Å². The number of aryl methyl sites for hydroxylation is 1. The lowest BCUT2D eigenvalue weighted by atomic mass is 9.97. The molecular weight excluding hydrogens is 320 g/mol. The van der Waals surface area contributed by atoms with Gasteiger partial charge in [-0.15, -0.1) is 0 Å². The number of hydrogen-bond acceptors (Lipinski definition) is 2. The molecule has 1 aliphatic carbocycles. The van der Waals surface area contributed by atoms with E-state index in [1.807, 2.05) is 6.92 Å². The second kappa shape index (κ2) is 5.88. The Bertz CT molecular complexity index is 855. The topological polar surface area (TPSA) is 51.1 Å². The summed E-state index contributed by atoms with van der Waals surface area (Å²) in [6.45, 7) is 11.6. The Labute approximate surface area is 145 Å². The average Bonchev–Trinajstić information content (AvgIpc) is 3.23. The third-order valence-corrected chi connectivity index (χ3v) is 6.52. The Balaban J connectivity index is 2.01. The first kappa shape index (κ1) is 17.5. The molecule has 1 fully saturated rings. The molecule has 2 aromatic rings. The van der Waals surface area contributed by atoms with Crippen LogP contribution in [0.4, 0.5) is 0 Å². The number of nitrogens with one attached hydrogen (secondary N) is 1. The van der Waals surface area contributed by atoms with Crippen LogP contribution in [0.15, 0.2) is 24.4 Å². The summed E-state index contributed by atoms with van der Waals surface area (Å²) in [6.07, 6.45) is 3.69. The maximum absolute atomic E-state index is 12.3. The molecule has 1 N–H and O–H groups in total. The highest BCUT2D eigenvalue weighted by atomic mass is 32.2. The predicted octanol–water partition coefficient (Wildman–Crippen LogP) is 4.14. The molecule has 0 spiro atoms. The predicted molar refractivity (Wildman–Crippen MR) is 99.6 cm³/mol. The largest absolute Gasteiger partial charge is 0.347 e. The van der Waals surface area contributed by atoms with Crippen molar-refractivity contribution in [1.82, 2.24) is 9.29 Å². The van der Waals surface area contributed by atoms with E-state index in [1.54, 1.807) is 0 Å². The van der Waals surface area contributed by atoms with Crippen LogP contribution in [0, 0.1) is 12.3 Å². The molecule has 0 amide bonds. The van der Waals surface area contributed by atoms with Gasteiger partial charge in [0, 0.05) is 29.7 Å². The zero-order valence-electron chi connectivity index (χ0n) is 15.3. The van der Waals surface area contributed by atoms with E-state index in [2.05, 4.69) is 61.4 Å². The molecule has 1 heterocycles. The molecule has 0 radical (unpaired) electrons. The monoisotopic (exact) mass is 348 g/mol. The van der Waals surface area contributed by atoms with E-state index >= 15 is 0 Å². The lowest BCUT2D eigenvalue weighted by Gasteiger charge is -2.20. The Morgan fingerprint density at radius 3 is 2.54 bits per heavy atom. The SMILES string of the molecule is Cc1ccc2c([C@@H](C)NS(=O)(=O)C3CC3)cn(CC(C)(C)C)c2c1. The van der Waals surface area contributed by atoms with E-state index in [9.17, 15) is 8.42 Å². The van der Waals surface area contributed by atoms with Crippen molar-refractivity contribution >= 4 is 20.9 Å². The summed E-state index contributed by atoms with van der Waals surface area (Å²) in [6, 6.07) is 6.17. The van der Waals surface area contributed by atoms with Crippen LogP contribution < -0.4 is 4.72 Å². The summed E-state index contributed by atoms with van der Waals surface area (Å²) in [7, 11) is -3.20. The van der Waals surface area contributed by atoms with Crippen molar-refractivity contribution in [2.24, 2.45) is 5.41 Å². The maximum atomic E-state index is 12.3. The molecule has 1 atom stereocenters. The zero-order valence-corrected chi connectivity index (χ0v) is 16.1. The molecule has 132 valence electrons. The van der Waals surface area contributed by atoms with Crippen LogP contribution in [-0.2, 0) is 16.6 Å². The molecule has 0 unspecified atom stereocenters. The minimum atomic E-state index is -3.20. The van der Waals surface area contributed by atoms with E-state index in [1.165, 1.54) is 11.1 Å². The fraction of sp³-hybridized carbons (Fsp3) is 0.579. The van der Waals surface area contributed by atoms with Crippen LogP contribution in [0.5, 0.6) is 0 Å². The quantitative estimate of drug-likeness (QED) is 0.883. The molecule has 1 aromatic heterocycles. The van der Waals surface area contributed by atoms with Crippen molar-refractivity contribution < 1.29 is 8.42 Å². The van der Waals surface area contributed by atoms with Crippen molar-refractivity contribution in [3.63, 3.8) is 0 Å². The van der Waals surface area contributed by atoms with Crippen molar-refractivity contribution in [1.29, 1.82) is 0 Å². The van der Waals surface area contributed by atoms with Crippen molar-refractivity contribution in [3.8, 4) is 0 Å². The Morgan fingerprint density at radius 2 is 1.96 bits per heavy atom. The van der Waals surface area contributed by atoms with Gasteiger partial charge in [-0.05, 0) is 49.3 Å². The summed E-state index contributed by atoms with van der Waals surface area (Å²) in [5, 5.41) is 0.945. The van der Waals surface area contributed by atoms with Gasteiger partial charge in [0.1, 0.15) is 0 Å². The van der Waals surface area contributed by atoms with Crippen molar-refractivity contribution in [2.75, 3.05) is 0 Å². The van der Waals surface area contributed by atoms with Gasteiger partial charge in [0.05, 0.1) is 5.25 Å². The molecule has 4 nitrogen and oxygen atoms in total. The van der Waals surface area contributed by atoms with E-state index < -0.39 is 10.0 Å². The summed E-state index contributed by atoms with van der Waals surface area (Å²) >= 11 is 0. The van der Waals surface area contributed by atoms with E-state index in [0.717, 1.165) is 30.3 Å². The first-order valence-electron chi connectivity index (χ1n) is 8.67. The van der Waals surface area contributed by atoms with Crippen LogP contribution in [0.1, 0.15) is 57.7 Å². The smallest absolute Gasteiger partial charge is 0.215 e. The van der Waals surface area contributed by atoms with E-state index in [4.69, 9.17) is 0 Å². The van der Waals surface area contributed by atoms with E-state index in [-0.39, 0.29) is 16.7 Å². The number of fused-ring (bicyclic) bond motifs is 1. The molecule has 0 saturated heterocycles. The summed E-state index contributed by atoms with van der Waals surface area (Å²) < 4.78 is 29.7. The minimum absolute atomic E-state index is 0.156. The number of sulfonamides is 1. The van der Waals surface area contributed by atoms with E-state index in [0.29, 0.717) is 0 Å². The second-order valence-electron chi connectivity index (χ2n) is 8.38. The van der Waals surface area contributed by atoms with Gasteiger partial charge in [0.25, 0.3) is 0 Å². The lowest BCUT2D eigenvalue weighted by molar-refractivity contribution is 0.349. The molecule has 24 heavy (non-hydrogen) atoms. The molecule has 0 bridgehead atoms. The third kappa shape index (κ3) is 3.67. The van der Waals surface area contributed by atoms with Gasteiger partial charge >= 0.3 is 0 Å². The molecule has 5 heteroatoms. The highest BCUT2D eigenvalue weighted by Crippen LogP contribution is 2.33. The summed E-state index contributed by atoms with van der Waals surface area (Å²) in [5.41, 5.74) is 3.60. The lowest BCUT2D eigenvalue weighted by Crippen LogP contribution is -2.29. The van der Waals surface area contributed by atoms with Crippen LogP contribution in [0.25, 0.3) is 10.9 Å². The third-order valence-electron chi connectivity index (χ3n) is 4.48.